The molecule has 0 saturated heterocycles. The average Bonchev–Trinajstić information content (AvgIpc) is 2.72. The zero-order chi connectivity index (χ0) is 12.9. The number of rotatable bonds is 6. The summed E-state index contributed by atoms with van der Waals surface area (Å²) in [5.74, 6) is -0.157. The first-order chi connectivity index (χ1) is 7.90. The number of carbonyl (C=O) groups is 1. The summed E-state index contributed by atoms with van der Waals surface area (Å²) in [5, 5.41) is 7.62. The number of primary sulfonamides is 1. The topological polar surface area (TPSA) is 115 Å². The molecule has 7 heteroatoms. The lowest BCUT2D eigenvalue weighted by Crippen LogP contribution is -2.44. The fourth-order valence-corrected chi connectivity index (χ4v) is 2.79. The standard InChI is InChI=1S/C10H21N3O3S/c11-8-10(4-1-2-5-10)9(14)13-6-3-7-17(12,15)16/h1-8,11H2,(H,13,14)(H2,12,15,16). The SMILES string of the molecule is NCC1(C(=O)NCCCS(N)(=O)=O)CCCC1. The van der Waals surface area contributed by atoms with Crippen molar-refractivity contribution in [1.29, 1.82) is 0 Å². The predicted octanol–water partition coefficient (Wildman–Crippen LogP) is -0.700. The van der Waals surface area contributed by atoms with Crippen LogP contribution in [-0.2, 0) is 14.8 Å². The summed E-state index contributed by atoms with van der Waals surface area (Å²) in [6.45, 7) is 0.686. The Bertz CT molecular complexity index is 361. The molecule has 5 N–H and O–H groups in total. The van der Waals surface area contributed by atoms with E-state index in [1.807, 2.05) is 0 Å². The van der Waals surface area contributed by atoms with Crippen molar-refractivity contribution >= 4 is 15.9 Å². The Kier molecular flexibility index (Phi) is 4.91. The molecule has 1 rings (SSSR count). The van der Waals surface area contributed by atoms with Crippen molar-refractivity contribution in [1.82, 2.24) is 5.32 Å². The molecular formula is C10H21N3O3S. The molecule has 1 aliphatic rings. The van der Waals surface area contributed by atoms with Crippen LogP contribution < -0.4 is 16.2 Å². The van der Waals surface area contributed by atoms with Crippen LogP contribution in [0.2, 0.25) is 0 Å². The molecule has 0 heterocycles. The number of hydrogen-bond donors (Lipinski definition) is 3. The second-order valence-electron chi connectivity index (χ2n) is 4.67. The lowest BCUT2D eigenvalue weighted by molar-refractivity contribution is -0.130. The van der Waals surface area contributed by atoms with Crippen molar-refractivity contribution in [2.75, 3.05) is 18.8 Å². The Labute approximate surface area is 102 Å². The number of carbonyl (C=O) groups excluding carboxylic acids is 1. The first kappa shape index (κ1) is 14.4. The number of hydrogen-bond acceptors (Lipinski definition) is 4. The molecule has 1 saturated carbocycles. The first-order valence-electron chi connectivity index (χ1n) is 5.88. The van der Waals surface area contributed by atoms with Gasteiger partial charge in [0.1, 0.15) is 0 Å². The molecule has 17 heavy (non-hydrogen) atoms. The molecule has 1 amide bonds. The molecule has 100 valence electrons. The van der Waals surface area contributed by atoms with E-state index in [1.54, 1.807) is 0 Å². The molecule has 0 radical (unpaired) electrons. The second kappa shape index (κ2) is 5.79. The Morgan fingerprint density at radius 3 is 2.35 bits per heavy atom. The van der Waals surface area contributed by atoms with Gasteiger partial charge in [-0.1, -0.05) is 12.8 Å². The number of nitrogens with two attached hydrogens (primary N) is 2. The van der Waals surface area contributed by atoms with Crippen LogP contribution in [0.1, 0.15) is 32.1 Å². The van der Waals surface area contributed by atoms with Crippen LogP contribution in [0.4, 0.5) is 0 Å². The maximum Gasteiger partial charge on any atom is 0.227 e. The number of sulfonamides is 1. The molecule has 0 aromatic carbocycles. The van der Waals surface area contributed by atoms with E-state index >= 15 is 0 Å². The van der Waals surface area contributed by atoms with Crippen LogP contribution >= 0.6 is 0 Å². The lowest BCUT2D eigenvalue weighted by Gasteiger charge is -2.25. The minimum absolute atomic E-state index is 0.0491. The third kappa shape index (κ3) is 4.25. The maximum atomic E-state index is 12.0. The minimum atomic E-state index is -3.44. The Balaban J connectivity index is 2.34. The highest BCUT2D eigenvalue weighted by Crippen LogP contribution is 2.37. The number of amides is 1. The Morgan fingerprint density at radius 1 is 1.29 bits per heavy atom. The quantitative estimate of drug-likeness (QED) is 0.549. The molecule has 0 spiro atoms. The lowest BCUT2D eigenvalue weighted by atomic mass is 9.85. The zero-order valence-corrected chi connectivity index (χ0v) is 10.8. The molecule has 0 unspecified atom stereocenters. The highest BCUT2D eigenvalue weighted by atomic mass is 32.2. The summed E-state index contributed by atoms with van der Waals surface area (Å²) in [6, 6.07) is 0. The van der Waals surface area contributed by atoms with Crippen LogP contribution in [0.15, 0.2) is 0 Å². The van der Waals surface area contributed by atoms with Crippen LogP contribution in [0.25, 0.3) is 0 Å². The fourth-order valence-electron chi connectivity index (χ4n) is 2.24. The molecule has 0 aromatic heterocycles. The monoisotopic (exact) mass is 263 g/mol. The van der Waals surface area contributed by atoms with E-state index in [2.05, 4.69) is 5.32 Å². The molecule has 1 aliphatic carbocycles. The van der Waals surface area contributed by atoms with Gasteiger partial charge < -0.3 is 11.1 Å². The smallest absolute Gasteiger partial charge is 0.227 e. The molecular weight excluding hydrogens is 242 g/mol. The summed E-state index contributed by atoms with van der Waals surface area (Å²) < 4.78 is 21.4. The maximum absolute atomic E-state index is 12.0. The first-order valence-corrected chi connectivity index (χ1v) is 7.60. The van der Waals surface area contributed by atoms with Gasteiger partial charge in [-0.2, -0.15) is 0 Å². The van der Waals surface area contributed by atoms with Crippen molar-refractivity contribution in [2.24, 2.45) is 16.3 Å². The fraction of sp³-hybridized carbons (Fsp3) is 0.900. The highest BCUT2D eigenvalue weighted by Gasteiger charge is 2.39. The van der Waals surface area contributed by atoms with E-state index < -0.39 is 15.4 Å². The van der Waals surface area contributed by atoms with Gasteiger partial charge in [0.05, 0.1) is 11.2 Å². The minimum Gasteiger partial charge on any atom is -0.356 e. The highest BCUT2D eigenvalue weighted by molar-refractivity contribution is 7.89. The van der Waals surface area contributed by atoms with Gasteiger partial charge in [-0.3, -0.25) is 4.79 Å². The summed E-state index contributed by atoms with van der Waals surface area (Å²) in [7, 11) is -3.44. The molecule has 0 aromatic rings. The summed E-state index contributed by atoms with van der Waals surface area (Å²) in [5.41, 5.74) is 5.24. The predicted molar refractivity (Wildman–Crippen MR) is 65.6 cm³/mol. The van der Waals surface area contributed by atoms with Gasteiger partial charge in [-0.05, 0) is 19.3 Å². The van der Waals surface area contributed by atoms with Gasteiger partial charge in [0, 0.05) is 13.1 Å². The van der Waals surface area contributed by atoms with E-state index in [0.717, 1.165) is 25.7 Å². The van der Waals surface area contributed by atoms with Crippen molar-refractivity contribution in [3.63, 3.8) is 0 Å². The van der Waals surface area contributed by atoms with Gasteiger partial charge in [-0.15, -0.1) is 0 Å². The van der Waals surface area contributed by atoms with Gasteiger partial charge in [0.25, 0.3) is 0 Å². The van der Waals surface area contributed by atoms with E-state index in [0.29, 0.717) is 19.5 Å². The zero-order valence-electron chi connectivity index (χ0n) is 9.94. The van der Waals surface area contributed by atoms with Crippen molar-refractivity contribution in [3.05, 3.63) is 0 Å². The van der Waals surface area contributed by atoms with Crippen molar-refractivity contribution in [3.8, 4) is 0 Å². The third-order valence-corrected chi connectivity index (χ3v) is 4.18. The van der Waals surface area contributed by atoms with E-state index in [1.165, 1.54) is 0 Å². The van der Waals surface area contributed by atoms with E-state index in [9.17, 15) is 13.2 Å². The van der Waals surface area contributed by atoms with E-state index in [-0.39, 0.29) is 11.7 Å². The normalized spacial score (nSPS) is 19.2. The molecule has 1 fully saturated rings. The number of nitrogens with one attached hydrogen (secondary N) is 1. The second-order valence-corrected chi connectivity index (χ2v) is 6.40. The van der Waals surface area contributed by atoms with Gasteiger partial charge in [0.15, 0.2) is 0 Å². The van der Waals surface area contributed by atoms with Gasteiger partial charge >= 0.3 is 0 Å². The molecule has 0 atom stereocenters. The van der Waals surface area contributed by atoms with Gasteiger partial charge in [-0.25, -0.2) is 13.6 Å². The van der Waals surface area contributed by atoms with Crippen LogP contribution in [0.3, 0.4) is 0 Å². The third-order valence-electron chi connectivity index (χ3n) is 3.32. The summed E-state index contributed by atoms with van der Waals surface area (Å²) in [6.07, 6.45) is 4.05. The molecule has 0 aliphatic heterocycles. The Morgan fingerprint density at radius 2 is 1.88 bits per heavy atom. The van der Waals surface area contributed by atoms with Gasteiger partial charge in [0.2, 0.25) is 15.9 Å². The summed E-state index contributed by atoms with van der Waals surface area (Å²) in [4.78, 5) is 12.0. The van der Waals surface area contributed by atoms with E-state index in [4.69, 9.17) is 10.9 Å². The summed E-state index contributed by atoms with van der Waals surface area (Å²) >= 11 is 0. The van der Waals surface area contributed by atoms with Crippen molar-refractivity contribution in [2.45, 2.75) is 32.1 Å². The Hall–Kier alpha value is -0.660. The molecule has 6 nitrogen and oxygen atoms in total. The molecule has 0 bridgehead atoms. The average molecular weight is 263 g/mol. The van der Waals surface area contributed by atoms with Crippen LogP contribution in [-0.4, -0.2) is 33.2 Å². The van der Waals surface area contributed by atoms with Crippen LogP contribution in [0.5, 0.6) is 0 Å². The largest absolute Gasteiger partial charge is 0.356 e. The van der Waals surface area contributed by atoms with Crippen molar-refractivity contribution < 1.29 is 13.2 Å². The van der Waals surface area contributed by atoms with Crippen LogP contribution in [0, 0.1) is 5.41 Å².